The maximum Gasteiger partial charge on any atom is 0.178 e. The normalized spacial score (nSPS) is 10.5. The van der Waals surface area contributed by atoms with Gasteiger partial charge in [0.1, 0.15) is 17.3 Å². The minimum Gasteiger partial charge on any atom is -0.497 e. The monoisotopic (exact) mass is 299 g/mol. The number of methoxy groups -OCH3 is 2. The average molecular weight is 299 g/mol. The Kier molecular flexibility index (Phi) is 3.78. The summed E-state index contributed by atoms with van der Waals surface area (Å²) in [4.78, 5) is 0. The lowest BCUT2D eigenvalue weighted by atomic mass is 10.0. The summed E-state index contributed by atoms with van der Waals surface area (Å²) in [5.41, 5.74) is 2.28. The summed E-state index contributed by atoms with van der Waals surface area (Å²) in [6.45, 7) is 0. The van der Waals surface area contributed by atoms with Crippen molar-refractivity contribution in [2.45, 2.75) is 0 Å². The highest BCUT2D eigenvalue weighted by Crippen LogP contribution is 2.39. The van der Waals surface area contributed by atoms with Gasteiger partial charge in [-0.1, -0.05) is 17.3 Å². The molecule has 3 aromatic rings. The number of aromatic nitrogens is 1. The largest absolute Gasteiger partial charge is 0.497 e. The number of rotatable bonds is 4. The molecule has 22 heavy (non-hydrogen) atoms. The topological polar surface area (TPSA) is 44.5 Å². The predicted molar refractivity (Wildman–Crippen MR) is 80.4 cm³/mol. The molecule has 3 rings (SSSR count). The molecule has 5 heteroatoms. The molecule has 2 aromatic carbocycles. The molecule has 0 aliphatic carbocycles. The standard InChI is InChI=1S/C17H14FNO3/c1-20-13-7-8-16(21-2)14(9-13)17-15(10-19-22-17)11-3-5-12(18)6-4-11/h3-10H,1-2H3. The summed E-state index contributed by atoms with van der Waals surface area (Å²) in [5, 5.41) is 3.86. The zero-order valence-electron chi connectivity index (χ0n) is 12.2. The molecular weight excluding hydrogens is 285 g/mol. The first kappa shape index (κ1) is 14.1. The second-order valence-corrected chi connectivity index (χ2v) is 4.64. The zero-order valence-corrected chi connectivity index (χ0v) is 12.2. The van der Waals surface area contributed by atoms with Crippen LogP contribution in [0.15, 0.2) is 53.2 Å². The summed E-state index contributed by atoms with van der Waals surface area (Å²) in [7, 11) is 3.17. The van der Waals surface area contributed by atoms with E-state index in [-0.39, 0.29) is 5.82 Å². The van der Waals surface area contributed by atoms with Crippen LogP contribution < -0.4 is 9.47 Å². The lowest BCUT2D eigenvalue weighted by Crippen LogP contribution is -1.90. The molecule has 0 bridgehead atoms. The van der Waals surface area contributed by atoms with Crippen molar-refractivity contribution in [2.24, 2.45) is 0 Å². The Morgan fingerprint density at radius 1 is 0.955 bits per heavy atom. The van der Waals surface area contributed by atoms with Gasteiger partial charge in [-0.2, -0.15) is 0 Å². The first-order chi connectivity index (χ1) is 10.7. The fraction of sp³-hybridized carbons (Fsp3) is 0.118. The summed E-state index contributed by atoms with van der Waals surface area (Å²) >= 11 is 0. The molecule has 112 valence electrons. The molecule has 0 saturated heterocycles. The number of benzene rings is 2. The van der Waals surface area contributed by atoms with Crippen LogP contribution in [0.3, 0.4) is 0 Å². The van der Waals surface area contributed by atoms with Gasteiger partial charge in [0.15, 0.2) is 5.76 Å². The second-order valence-electron chi connectivity index (χ2n) is 4.64. The van der Waals surface area contributed by atoms with Gasteiger partial charge in [-0.3, -0.25) is 0 Å². The van der Waals surface area contributed by atoms with E-state index in [1.807, 2.05) is 6.07 Å². The van der Waals surface area contributed by atoms with Crippen LogP contribution in [-0.2, 0) is 0 Å². The molecular formula is C17H14FNO3. The highest BCUT2D eigenvalue weighted by atomic mass is 19.1. The van der Waals surface area contributed by atoms with Gasteiger partial charge in [0, 0.05) is 5.56 Å². The van der Waals surface area contributed by atoms with Crippen LogP contribution >= 0.6 is 0 Å². The van der Waals surface area contributed by atoms with E-state index in [1.165, 1.54) is 12.1 Å². The van der Waals surface area contributed by atoms with E-state index in [9.17, 15) is 4.39 Å². The highest BCUT2D eigenvalue weighted by Gasteiger charge is 2.17. The molecule has 0 amide bonds. The van der Waals surface area contributed by atoms with E-state index >= 15 is 0 Å². The molecule has 1 aromatic heterocycles. The van der Waals surface area contributed by atoms with Crippen molar-refractivity contribution >= 4 is 0 Å². The van der Waals surface area contributed by atoms with Gasteiger partial charge < -0.3 is 14.0 Å². The van der Waals surface area contributed by atoms with Gasteiger partial charge in [0.2, 0.25) is 0 Å². The van der Waals surface area contributed by atoms with Crippen LogP contribution in [0, 0.1) is 5.82 Å². The summed E-state index contributed by atoms with van der Waals surface area (Å²) in [6, 6.07) is 11.6. The Morgan fingerprint density at radius 3 is 2.41 bits per heavy atom. The van der Waals surface area contributed by atoms with E-state index in [0.29, 0.717) is 17.3 Å². The second kappa shape index (κ2) is 5.89. The van der Waals surface area contributed by atoms with Crippen LogP contribution in [0.4, 0.5) is 4.39 Å². The summed E-state index contributed by atoms with van der Waals surface area (Å²) in [5.74, 6) is 1.57. The van der Waals surface area contributed by atoms with Crippen molar-refractivity contribution in [2.75, 3.05) is 14.2 Å². The summed E-state index contributed by atoms with van der Waals surface area (Å²) in [6.07, 6.45) is 1.60. The molecule has 0 unspecified atom stereocenters. The molecule has 0 fully saturated rings. The molecule has 0 spiro atoms. The minimum absolute atomic E-state index is 0.291. The van der Waals surface area contributed by atoms with Crippen LogP contribution in [0.1, 0.15) is 0 Å². The third-order valence-corrected chi connectivity index (χ3v) is 3.38. The van der Waals surface area contributed by atoms with Gasteiger partial charge in [-0.15, -0.1) is 0 Å². The number of ether oxygens (including phenoxy) is 2. The Morgan fingerprint density at radius 2 is 1.73 bits per heavy atom. The lowest BCUT2D eigenvalue weighted by molar-refractivity contribution is 0.398. The first-order valence-electron chi connectivity index (χ1n) is 6.66. The lowest BCUT2D eigenvalue weighted by Gasteiger charge is -2.09. The maximum absolute atomic E-state index is 13.1. The van der Waals surface area contributed by atoms with E-state index < -0.39 is 0 Å². The third kappa shape index (κ3) is 2.53. The Balaban J connectivity index is 2.14. The minimum atomic E-state index is -0.291. The van der Waals surface area contributed by atoms with Crippen LogP contribution in [0.25, 0.3) is 22.5 Å². The molecule has 4 nitrogen and oxygen atoms in total. The van der Waals surface area contributed by atoms with E-state index in [0.717, 1.165) is 16.7 Å². The molecule has 0 aliphatic heterocycles. The highest BCUT2D eigenvalue weighted by molar-refractivity contribution is 5.82. The van der Waals surface area contributed by atoms with Gasteiger partial charge >= 0.3 is 0 Å². The van der Waals surface area contributed by atoms with E-state index in [2.05, 4.69) is 5.16 Å². The first-order valence-corrected chi connectivity index (χ1v) is 6.66. The van der Waals surface area contributed by atoms with E-state index in [4.69, 9.17) is 14.0 Å². The quantitative estimate of drug-likeness (QED) is 0.725. The van der Waals surface area contributed by atoms with E-state index in [1.54, 1.807) is 44.7 Å². The van der Waals surface area contributed by atoms with Gasteiger partial charge in [0.05, 0.1) is 26.0 Å². The molecule has 0 N–H and O–H groups in total. The number of nitrogens with zero attached hydrogens (tertiary/aromatic N) is 1. The van der Waals surface area contributed by atoms with Crippen molar-refractivity contribution in [1.29, 1.82) is 0 Å². The SMILES string of the molecule is COc1ccc(OC)c(-c2oncc2-c2ccc(F)cc2)c1. The van der Waals surface area contributed by atoms with Crippen LogP contribution in [0.5, 0.6) is 11.5 Å². The van der Waals surface area contributed by atoms with Gasteiger partial charge in [-0.05, 0) is 35.9 Å². The fourth-order valence-corrected chi connectivity index (χ4v) is 2.26. The number of halogens is 1. The smallest absolute Gasteiger partial charge is 0.178 e. The molecule has 0 saturated carbocycles. The van der Waals surface area contributed by atoms with Crippen molar-refractivity contribution in [1.82, 2.24) is 5.16 Å². The van der Waals surface area contributed by atoms with Crippen LogP contribution in [-0.4, -0.2) is 19.4 Å². The Bertz CT molecular complexity index is 781. The van der Waals surface area contributed by atoms with Crippen molar-refractivity contribution in [3.63, 3.8) is 0 Å². The van der Waals surface area contributed by atoms with Crippen molar-refractivity contribution < 1.29 is 18.4 Å². The molecule has 1 heterocycles. The Hall–Kier alpha value is -2.82. The Labute approximate surface area is 127 Å². The maximum atomic E-state index is 13.1. The fourth-order valence-electron chi connectivity index (χ4n) is 2.26. The molecule has 0 radical (unpaired) electrons. The van der Waals surface area contributed by atoms with Gasteiger partial charge in [-0.25, -0.2) is 4.39 Å². The van der Waals surface area contributed by atoms with Crippen LogP contribution in [0.2, 0.25) is 0 Å². The predicted octanol–water partition coefficient (Wildman–Crippen LogP) is 4.16. The zero-order chi connectivity index (χ0) is 15.5. The van der Waals surface area contributed by atoms with Crippen molar-refractivity contribution in [3.05, 3.63) is 54.5 Å². The third-order valence-electron chi connectivity index (χ3n) is 3.38. The number of hydrogen-bond donors (Lipinski definition) is 0. The van der Waals surface area contributed by atoms with Gasteiger partial charge in [0.25, 0.3) is 0 Å². The summed E-state index contributed by atoms with van der Waals surface area (Å²) < 4.78 is 29.1. The average Bonchev–Trinajstić information content (AvgIpc) is 3.04. The number of hydrogen-bond acceptors (Lipinski definition) is 4. The van der Waals surface area contributed by atoms with Crippen molar-refractivity contribution in [3.8, 4) is 33.9 Å². The molecule has 0 aliphatic rings. The molecule has 0 atom stereocenters.